The Balaban J connectivity index is 1.53. The summed E-state index contributed by atoms with van der Waals surface area (Å²) in [5.41, 5.74) is 1.24. The monoisotopic (exact) mass is 279 g/mol. The van der Waals surface area contributed by atoms with Crippen LogP contribution in [0.15, 0.2) is 28.7 Å². The van der Waals surface area contributed by atoms with E-state index in [1.54, 1.807) is 0 Å². The fourth-order valence-electron chi connectivity index (χ4n) is 2.08. The van der Waals surface area contributed by atoms with Crippen molar-refractivity contribution in [1.29, 1.82) is 0 Å². The third kappa shape index (κ3) is 2.81. The van der Waals surface area contributed by atoms with Gasteiger partial charge in [0.05, 0.1) is 6.54 Å². The number of hydrogen-bond donors (Lipinski definition) is 1. The van der Waals surface area contributed by atoms with Crippen LogP contribution in [0, 0.1) is 0 Å². The first-order chi connectivity index (χ1) is 9.35. The van der Waals surface area contributed by atoms with Gasteiger partial charge in [0.1, 0.15) is 11.9 Å². The Kier molecular flexibility index (Phi) is 3.55. The maximum Gasteiger partial charge on any atom is 0.315 e. The molecule has 100 valence electrons. The molecule has 0 bridgehead atoms. The quantitative estimate of drug-likeness (QED) is 0.851. The van der Waals surface area contributed by atoms with Crippen molar-refractivity contribution in [2.75, 3.05) is 17.7 Å². The van der Waals surface area contributed by atoms with Crippen LogP contribution in [0.5, 0.6) is 5.75 Å². The van der Waals surface area contributed by atoms with Gasteiger partial charge in [-0.1, -0.05) is 23.3 Å². The Morgan fingerprint density at radius 3 is 3.05 bits per heavy atom. The fourth-order valence-corrected chi connectivity index (χ4v) is 2.24. The van der Waals surface area contributed by atoms with Crippen LogP contribution in [-0.2, 0) is 12.8 Å². The average Bonchev–Trinajstić information content (AvgIpc) is 3.02. The minimum absolute atomic E-state index is 0.0979. The Morgan fingerprint density at radius 2 is 2.21 bits per heavy atom. The van der Waals surface area contributed by atoms with Crippen molar-refractivity contribution < 1.29 is 9.15 Å². The summed E-state index contributed by atoms with van der Waals surface area (Å²) in [6.45, 7) is 0.636. The fraction of sp³-hybridized carbons (Fsp3) is 0.385. The van der Waals surface area contributed by atoms with Crippen LogP contribution in [0.4, 0.5) is 6.01 Å². The van der Waals surface area contributed by atoms with E-state index in [1.807, 2.05) is 18.2 Å². The molecule has 5 nitrogen and oxygen atoms in total. The van der Waals surface area contributed by atoms with Crippen LogP contribution in [0.2, 0.25) is 0 Å². The highest BCUT2D eigenvalue weighted by Crippen LogP contribution is 2.28. The molecule has 1 atom stereocenters. The number of aromatic nitrogens is 2. The second kappa shape index (κ2) is 5.48. The van der Waals surface area contributed by atoms with Crippen molar-refractivity contribution in [3.8, 4) is 5.75 Å². The standard InChI is InChI=1S/C13H14ClN3O2/c14-6-5-12-16-17-13(19-12)15-8-10-7-9-3-1-2-4-11(9)18-10/h1-4,10H,5-8H2,(H,15,17). The molecular formula is C13H14ClN3O2. The summed E-state index contributed by atoms with van der Waals surface area (Å²) in [6, 6.07) is 8.49. The maximum absolute atomic E-state index is 5.81. The molecule has 1 unspecified atom stereocenters. The topological polar surface area (TPSA) is 60.2 Å². The van der Waals surface area contributed by atoms with Crippen molar-refractivity contribution in [1.82, 2.24) is 10.2 Å². The van der Waals surface area contributed by atoms with E-state index in [0.29, 0.717) is 30.8 Å². The first kappa shape index (κ1) is 12.3. The van der Waals surface area contributed by atoms with Crippen molar-refractivity contribution in [2.45, 2.75) is 18.9 Å². The molecule has 19 heavy (non-hydrogen) atoms. The van der Waals surface area contributed by atoms with E-state index in [2.05, 4.69) is 21.6 Å². The van der Waals surface area contributed by atoms with Crippen LogP contribution in [0.25, 0.3) is 0 Å². The summed E-state index contributed by atoms with van der Waals surface area (Å²) in [5.74, 6) is 1.98. The molecule has 2 aromatic rings. The molecule has 0 aliphatic carbocycles. The number of fused-ring (bicyclic) bond motifs is 1. The van der Waals surface area contributed by atoms with Crippen molar-refractivity contribution in [3.05, 3.63) is 35.7 Å². The molecule has 1 aromatic heterocycles. The van der Waals surface area contributed by atoms with Gasteiger partial charge >= 0.3 is 6.01 Å². The molecule has 3 rings (SSSR count). The zero-order valence-corrected chi connectivity index (χ0v) is 11.1. The molecular weight excluding hydrogens is 266 g/mol. The molecule has 0 spiro atoms. The first-order valence-corrected chi connectivity index (χ1v) is 6.75. The number of alkyl halides is 1. The van der Waals surface area contributed by atoms with E-state index in [9.17, 15) is 0 Å². The summed E-state index contributed by atoms with van der Waals surface area (Å²) >= 11 is 5.61. The normalized spacial score (nSPS) is 17.0. The number of halogens is 1. The second-order valence-electron chi connectivity index (χ2n) is 4.37. The second-order valence-corrected chi connectivity index (χ2v) is 4.75. The lowest BCUT2D eigenvalue weighted by molar-refractivity contribution is 0.245. The Bertz CT molecular complexity index is 533. The lowest BCUT2D eigenvalue weighted by atomic mass is 10.1. The van der Waals surface area contributed by atoms with Crippen LogP contribution >= 0.6 is 11.6 Å². The highest BCUT2D eigenvalue weighted by molar-refractivity contribution is 6.17. The van der Waals surface area contributed by atoms with Gasteiger partial charge in [-0.25, -0.2) is 0 Å². The molecule has 1 aromatic carbocycles. The molecule has 1 N–H and O–H groups in total. The summed E-state index contributed by atoms with van der Waals surface area (Å²) in [5, 5.41) is 10.9. The number of hydrogen-bond acceptors (Lipinski definition) is 5. The van der Waals surface area contributed by atoms with Crippen molar-refractivity contribution in [2.24, 2.45) is 0 Å². The Morgan fingerprint density at radius 1 is 1.32 bits per heavy atom. The van der Waals surface area contributed by atoms with Crippen LogP contribution < -0.4 is 10.1 Å². The third-order valence-corrected chi connectivity index (χ3v) is 3.16. The van der Waals surface area contributed by atoms with E-state index in [1.165, 1.54) is 5.56 Å². The highest BCUT2D eigenvalue weighted by atomic mass is 35.5. The maximum atomic E-state index is 5.81. The molecule has 2 heterocycles. The molecule has 1 aliphatic rings. The van der Waals surface area contributed by atoms with Gasteiger partial charge in [-0.15, -0.1) is 16.7 Å². The minimum Gasteiger partial charge on any atom is -0.488 e. The molecule has 0 saturated carbocycles. The molecule has 0 radical (unpaired) electrons. The van der Waals surface area contributed by atoms with Gasteiger partial charge in [-0.05, 0) is 11.6 Å². The minimum atomic E-state index is 0.0979. The first-order valence-electron chi connectivity index (χ1n) is 6.22. The van der Waals surface area contributed by atoms with Crippen molar-refractivity contribution >= 4 is 17.6 Å². The van der Waals surface area contributed by atoms with Crippen molar-refractivity contribution in [3.63, 3.8) is 0 Å². The van der Waals surface area contributed by atoms with E-state index < -0.39 is 0 Å². The molecule has 1 aliphatic heterocycles. The lowest BCUT2D eigenvalue weighted by Gasteiger charge is -2.09. The van der Waals surface area contributed by atoms with Gasteiger partial charge < -0.3 is 14.5 Å². The van der Waals surface area contributed by atoms with Gasteiger partial charge in [-0.3, -0.25) is 0 Å². The number of ether oxygens (including phenoxy) is 1. The molecule has 0 saturated heterocycles. The number of nitrogens with zero attached hydrogens (tertiary/aromatic N) is 2. The SMILES string of the molecule is ClCCc1nnc(NCC2Cc3ccccc3O2)o1. The number of anilines is 1. The summed E-state index contributed by atoms with van der Waals surface area (Å²) in [6.07, 6.45) is 1.58. The number of benzene rings is 1. The average molecular weight is 280 g/mol. The summed E-state index contributed by atoms with van der Waals surface area (Å²) in [4.78, 5) is 0. The summed E-state index contributed by atoms with van der Waals surface area (Å²) < 4.78 is 11.2. The van der Waals surface area contributed by atoms with Crippen LogP contribution in [0.3, 0.4) is 0 Å². The predicted molar refractivity (Wildman–Crippen MR) is 71.8 cm³/mol. The van der Waals surface area contributed by atoms with E-state index >= 15 is 0 Å². The van der Waals surface area contributed by atoms with Gasteiger partial charge in [-0.2, -0.15) is 0 Å². The molecule has 0 amide bonds. The van der Waals surface area contributed by atoms with Gasteiger partial charge in [0, 0.05) is 18.7 Å². The number of aryl methyl sites for hydroxylation is 1. The largest absolute Gasteiger partial charge is 0.488 e. The Hall–Kier alpha value is -1.75. The highest BCUT2D eigenvalue weighted by Gasteiger charge is 2.22. The zero-order chi connectivity index (χ0) is 13.1. The number of nitrogens with one attached hydrogen (secondary N) is 1. The summed E-state index contributed by atoms with van der Waals surface area (Å²) in [7, 11) is 0. The van der Waals surface area contributed by atoms with E-state index in [4.69, 9.17) is 20.8 Å². The number of para-hydroxylation sites is 1. The van der Waals surface area contributed by atoms with Gasteiger partial charge in [0.15, 0.2) is 0 Å². The van der Waals surface area contributed by atoms with Gasteiger partial charge in [0.2, 0.25) is 5.89 Å². The van der Waals surface area contributed by atoms with Crippen LogP contribution in [-0.4, -0.2) is 28.7 Å². The molecule has 6 heteroatoms. The third-order valence-electron chi connectivity index (χ3n) is 2.97. The smallest absolute Gasteiger partial charge is 0.315 e. The predicted octanol–water partition coefficient (Wildman–Crippen LogP) is 2.27. The Labute approximate surface area is 115 Å². The van der Waals surface area contributed by atoms with Gasteiger partial charge in [0.25, 0.3) is 0 Å². The molecule has 0 fully saturated rings. The van der Waals surface area contributed by atoms with Crippen LogP contribution in [0.1, 0.15) is 11.5 Å². The van der Waals surface area contributed by atoms with E-state index in [-0.39, 0.29) is 6.10 Å². The zero-order valence-electron chi connectivity index (χ0n) is 10.3. The lowest BCUT2D eigenvalue weighted by Crippen LogP contribution is -2.24. The number of rotatable bonds is 5. The van der Waals surface area contributed by atoms with E-state index in [0.717, 1.165) is 12.2 Å².